The van der Waals surface area contributed by atoms with Crippen molar-refractivity contribution in [1.82, 2.24) is 0 Å². The molecule has 0 fully saturated rings. The number of carbonyl (C=O) groups excluding carboxylic acids is 1. The van der Waals surface area contributed by atoms with Crippen LogP contribution in [0.1, 0.15) is 11.5 Å². The molecule has 102 valence electrons. The third kappa shape index (κ3) is 3.73. The minimum atomic E-state index is -1.79. The average molecular weight is 268 g/mol. The lowest BCUT2D eigenvalue weighted by Crippen LogP contribution is -2.39. The molecule has 2 atom stereocenters. The van der Waals surface area contributed by atoms with Crippen LogP contribution in [0.2, 0.25) is 0 Å². The highest BCUT2D eigenvalue weighted by molar-refractivity contribution is 5.75. The van der Waals surface area contributed by atoms with E-state index < -0.39 is 34.3 Å². The van der Waals surface area contributed by atoms with Crippen LogP contribution in [0.5, 0.6) is 0 Å². The zero-order chi connectivity index (χ0) is 14.4. The fourth-order valence-corrected chi connectivity index (χ4v) is 1.77. The summed E-state index contributed by atoms with van der Waals surface area (Å²) in [7, 11) is 1.01. The highest BCUT2D eigenvalue weighted by Gasteiger charge is 2.43. The van der Waals surface area contributed by atoms with E-state index in [2.05, 4.69) is 4.74 Å². The molecular formula is C11H12N2O6. The number of hydrogen-bond acceptors (Lipinski definition) is 6. The zero-order valence-electron chi connectivity index (χ0n) is 10.1. The van der Waals surface area contributed by atoms with Crippen molar-refractivity contribution in [2.45, 2.75) is 12.0 Å². The van der Waals surface area contributed by atoms with Gasteiger partial charge in [-0.25, -0.2) is 4.79 Å². The fourth-order valence-electron chi connectivity index (χ4n) is 1.77. The molecule has 19 heavy (non-hydrogen) atoms. The molecule has 8 heteroatoms. The highest BCUT2D eigenvalue weighted by atomic mass is 16.6. The zero-order valence-corrected chi connectivity index (χ0v) is 10.1. The Labute approximate surface area is 108 Å². The first-order valence-corrected chi connectivity index (χ1v) is 5.35. The van der Waals surface area contributed by atoms with Crippen LogP contribution in [0.4, 0.5) is 0 Å². The van der Waals surface area contributed by atoms with Gasteiger partial charge in [0.2, 0.25) is 6.54 Å². The molecule has 0 aliphatic carbocycles. The van der Waals surface area contributed by atoms with E-state index in [4.69, 9.17) is 0 Å². The third-order valence-electron chi connectivity index (χ3n) is 2.62. The summed E-state index contributed by atoms with van der Waals surface area (Å²) in [5, 5.41) is 21.6. The van der Waals surface area contributed by atoms with Gasteiger partial charge in [0.15, 0.2) is 0 Å². The molecule has 0 heterocycles. The first-order valence-electron chi connectivity index (χ1n) is 5.35. The standard InChI is InChI=1S/C11H12N2O6/c1-19-11(14)10(13(17)18)9(7-12(15)16)8-5-3-2-4-6-8/h2-6,9-10H,7H2,1H3. The molecule has 2 unspecified atom stereocenters. The number of methoxy groups -OCH3 is 1. The van der Waals surface area contributed by atoms with Gasteiger partial charge in [-0.2, -0.15) is 0 Å². The Kier molecular flexibility index (Phi) is 4.92. The van der Waals surface area contributed by atoms with Crippen LogP contribution >= 0.6 is 0 Å². The Balaban J connectivity index is 3.17. The van der Waals surface area contributed by atoms with Gasteiger partial charge in [-0.3, -0.25) is 20.2 Å². The largest absolute Gasteiger partial charge is 0.464 e. The van der Waals surface area contributed by atoms with Crippen LogP contribution in [-0.4, -0.2) is 35.5 Å². The highest BCUT2D eigenvalue weighted by Crippen LogP contribution is 2.23. The Morgan fingerprint density at radius 1 is 1.26 bits per heavy atom. The van der Waals surface area contributed by atoms with E-state index in [0.717, 1.165) is 7.11 Å². The van der Waals surface area contributed by atoms with Crippen LogP contribution in [0.15, 0.2) is 30.3 Å². The van der Waals surface area contributed by atoms with E-state index in [1.807, 2.05) is 0 Å². The summed E-state index contributed by atoms with van der Waals surface area (Å²) in [4.78, 5) is 31.6. The Morgan fingerprint density at radius 2 is 1.84 bits per heavy atom. The molecule has 0 saturated heterocycles. The van der Waals surface area contributed by atoms with Crippen molar-refractivity contribution in [2.75, 3.05) is 13.7 Å². The summed E-state index contributed by atoms with van der Waals surface area (Å²) in [6.45, 7) is -0.718. The maximum Gasteiger partial charge on any atom is 0.382 e. The van der Waals surface area contributed by atoms with Crippen molar-refractivity contribution in [3.63, 3.8) is 0 Å². The van der Waals surface area contributed by atoms with Crippen LogP contribution in [0.25, 0.3) is 0 Å². The first-order chi connectivity index (χ1) is 8.97. The molecule has 1 rings (SSSR count). The Bertz CT molecular complexity index is 475. The van der Waals surface area contributed by atoms with Crippen LogP contribution in [0.3, 0.4) is 0 Å². The van der Waals surface area contributed by atoms with Gasteiger partial charge in [-0.05, 0) is 5.56 Å². The predicted octanol–water partition coefficient (Wildman–Crippen LogP) is 0.865. The predicted molar refractivity (Wildman–Crippen MR) is 63.8 cm³/mol. The Morgan fingerprint density at radius 3 is 2.26 bits per heavy atom. The lowest BCUT2D eigenvalue weighted by atomic mass is 9.92. The van der Waals surface area contributed by atoms with Gasteiger partial charge >= 0.3 is 12.0 Å². The second-order valence-electron chi connectivity index (χ2n) is 3.79. The second-order valence-corrected chi connectivity index (χ2v) is 3.79. The van der Waals surface area contributed by atoms with Crippen molar-refractivity contribution in [3.05, 3.63) is 56.1 Å². The number of ether oxygens (including phenoxy) is 1. The number of esters is 1. The lowest BCUT2D eigenvalue weighted by molar-refractivity contribution is -0.536. The molecule has 0 radical (unpaired) electrons. The van der Waals surface area contributed by atoms with Crippen molar-refractivity contribution in [2.24, 2.45) is 0 Å². The number of carbonyl (C=O) groups is 1. The Hall–Kier alpha value is -2.51. The lowest BCUT2D eigenvalue weighted by Gasteiger charge is -2.16. The quantitative estimate of drug-likeness (QED) is 0.429. The van der Waals surface area contributed by atoms with Crippen molar-refractivity contribution >= 4 is 5.97 Å². The molecule has 0 spiro atoms. The molecule has 0 N–H and O–H groups in total. The van der Waals surface area contributed by atoms with E-state index in [-0.39, 0.29) is 0 Å². The number of nitrogens with zero attached hydrogens (tertiary/aromatic N) is 2. The van der Waals surface area contributed by atoms with E-state index in [9.17, 15) is 25.0 Å². The van der Waals surface area contributed by atoms with E-state index in [1.165, 1.54) is 12.1 Å². The molecule has 0 aliphatic heterocycles. The summed E-state index contributed by atoms with van der Waals surface area (Å²) in [5.41, 5.74) is 0.353. The van der Waals surface area contributed by atoms with Gasteiger partial charge in [-0.1, -0.05) is 30.3 Å². The SMILES string of the molecule is COC(=O)C(C(C[N+](=O)[O-])c1ccccc1)[N+](=O)[O-]. The maximum atomic E-state index is 11.5. The fraction of sp³-hybridized carbons (Fsp3) is 0.364. The number of hydrogen-bond donors (Lipinski definition) is 0. The number of nitro groups is 2. The van der Waals surface area contributed by atoms with Gasteiger partial charge in [0, 0.05) is 9.85 Å². The maximum absolute atomic E-state index is 11.5. The van der Waals surface area contributed by atoms with Gasteiger partial charge < -0.3 is 4.74 Å². The van der Waals surface area contributed by atoms with Gasteiger partial charge in [-0.15, -0.1) is 0 Å². The minimum absolute atomic E-state index is 0.353. The molecule has 0 aliphatic rings. The normalized spacial score (nSPS) is 13.3. The molecule has 0 aromatic heterocycles. The smallest absolute Gasteiger partial charge is 0.382 e. The average Bonchev–Trinajstić information content (AvgIpc) is 2.37. The van der Waals surface area contributed by atoms with Crippen molar-refractivity contribution < 1.29 is 19.4 Å². The van der Waals surface area contributed by atoms with Crippen molar-refractivity contribution in [1.29, 1.82) is 0 Å². The summed E-state index contributed by atoms with van der Waals surface area (Å²) in [5.74, 6) is -2.26. The topological polar surface area (TPSA) is 113 Å². The van der Waals surface area contributed by atoms with E-state index in [1.54, 1.807) is 18.2 Å². The molecule has 0 amide bonds. The van der Waals surface area contributed by atoms with Crippen LogP contribution < -0.4 is 0 Å². The molecule has 0 bridgehead atoms. The van der Waals surface area contributed by atoms with Gasteiger partial charge in [0.25, 0.3) is 0 Å². The second kappa shape index (κ2) is 6.43. The number of rotatable bonds is 6. The monoisotopic (exact) mass is 268 g/mol. The van der Waals surface area contributed by atoms with Crippen LogP contribution in [0, 0.1) is 20.2 Å². The summed E-state index contributed by atoms with van der Waals surface area (Å²) < 4.78 is 4.35. The minimum Gasteiger partial charge on any atom is -0.464 e. The molecule has 1 aromatic carbocycles. The van der Waals surface area contributed by atoms with E-state index in [0.29, 0.717) is 5.56 Å². The third-order valence-corrected chi connectivity index (χ3v) is 2.62. The molecular weight excluding hydrogens is 256 g/mol. The summed E-state index contributed by atoms with van der Waals surface area (Å²) in [6.07, 6.45) is 0. The summed E-state index contributed by atoms with van der Waals surface area (Å²) >= 11 is 0. The molecule has 8 nitrogen and oxygen atoms in total. The van der Waals surface area contributed by atoms with Gasteiger partial charge in [0.1, 0.15) is 5.92 Å². The number of benzene rings is 1. The molecule has 0 saturated carbocycles. The first kappa shape index (κ1) is 14.6. The van der Waals surface area contributed by atoms with Crippen LogP contribution in [-0.2, 0) is 9.53 Å². The van der Waals surface area contributed by atoms with Gasteiger partial charge in [0.05, 0.1) is 7.11 Å². The van der Waals surface area contributed by atoms with E-state index >= 15 is 0 Å². The molecule has 1 aromatic rings. The summed E-state index contributed by atoms with van der Waals surface area (Å²) in [6, 6.07) is 6.08. The van der Waals surface area contributed by atoms with Crippen molar-refractivity contribution in [3.8, 4) is 0 Å².